The Balaban J connectivity index is 2.02. The zero-order valence-corrected chi connectivity index (χ0v) is 10.1. The van der Waals surface area contributed by atoms with E-state index in [1.54, 1.807) is 11.1 Å². The molecule has 0 fully saturated rings. The van der Waals surface area contributed by atoms with Crippen molar-refractivity contribution in [2.45, 2.75) is 6.54 Å². The van der Waals surface area contributed by atoms with Crippen molar-refractivity contribution in [2.24, 2.45) is 0 Å². The fourth-order valence-electron chi connectivity index (χ4n) is 1.67. The van der Waals surface area contributed by atoms with Crippen molar-refractivity contribution in [3.63, 3.8) is 0 Å². The summed E-state index contributed by atoms with van der Waals surface area (Å²) >= 11 is 0. The van der Waals surface area contributed by atoms with E-state index in [4.69, 9.17) is 0 Å². The first kappa shape index (κ1) is 12.1. The Labute approximate surface area is 107 Å². The van der Waals surface area contributed by atoms with E-state index in [1.807, 2.05) is 66.7 Å². The van der Waals surface area contributed by atoms with Gasteiger partial charge in [0.15, 0.2) is 0 Å². The normalized spacial score (nSPS) is 10.4. The minimum atomic E-state index is 0.591. The molecule has 0 aliphatic heterocycles. The van der Waals surface area contributed by atoms with Gasteiger partial charge in [-0.1, -0.05) is 60.7 Å². The summed E-state index contributed by atoms with van der Waals surface area (Å²) in [6.07, 6.45) is 4.57. The number of amides is 1. The lowest BCUT2D eigenvalue weighted by Gasteiger charge is -2.11. The maximum atomic E-state index is 11.0. The monoisotopic (exact) mass is 237 g/mol. The second-order valence-electron chi connectivity index (χ2n) is 3.99. The fourth-order valence-corrected chi connectivity index (χ4v) is 1.67. The summed E-state index contributed by atoms with van der Waals surface area (Å²) < 4.78 is 0. The minimum absolute atomic E-state index is 0.591. The van der Waals surface area contributed by atoms with Gasteiger partial charge in [-0.3, -0.25) is 4.79 Å². The topological polar surface area (TPSA) is 20.3 Å². The standard InChI is InChI=1S/C16H15NO/c18-14-17(13-16-9-5-2-6-10-16)12-11-15-7-3-1-4-8-15/h1-12,14H,13H2. The zero-order chi connectivity index (χ0) is 12.6. The van der Waals surface area contributed by atoms with Crippen LogP contribution in [0.15, 0.2) is 66.9 Å². The molecule has 0 N–H and O–H groups in total. The molecule has 2 aromatic carbocycles. The summed E-state index contributed by atoms with van der Waals surface area (Å²) in [5.41, 5.74) is 2.19. The van der Waals surface area contributed by atoms with Gasteiger partial charge in [-0.25, -0.2) is 0 Å². The molecule has 18 heavy (non-hydrogen) atoms. The van der Waals surface area contributed by atoms with Crippen LogP contribution in [0.4, 0.5) is 0 Å². The number of nitrogens with zero attached hydrogens (tertiary/aromatic N) is 1. The van der Waals surface area contributed by atoms with Gasteiger partial charge < -0.3 is 4.90 Å². The predicted molar refractivity (Wildman–Crippen MR) is 73.5 cm³/mol. The van der Waals surface area contributed by atoms with Gasteiger partial charge in [-0.05, 0) is 17.2 Å². The molecule has 0 atom stereocenters. The molecule has 2 nitrogen and oxygen atoms in total. The first-order valence-electron chi connectivity index (χ1n) is 5.87. The molecule has 0 aliphatic rings. The van der Waals surface area contributed by atoms with E-state index in [2.05, 4.69) is 0 Å². The highest BCUT2D eigenvalue weighted by Crippen LogP contribution is 2.06. The lowest BCUT2D eigenvalue weighted by atomic mass is 10.2. The summed E-state index contributed by atoms with van der Waals surface area (Å²) in [5.74, 6) is 0. The molecular weight excluding hydrogens is 222 g/mol. The Morgan fingerprint density at radius 1 is 0.889 bits per heavy atom. The Hall–Kier alpha value is -2.35. The molecular formula is C16H15NO. The van der Waals surface area contributed by atoms with Gasteiger partial charge >= 0.3 is 0 Å². The average Bonchev–Trinajstić information content (AvgIpc) is 2.45. The van der Waals surface area contributed by atoms with Gasteiger partial charge in [0.25, 0.3) is 0 Å². The number of carbonyl (C=O) groups excluding carboxylic acids is 1. The van der Waals surface area contributed by atoms with E-state index in [9.17, 15) is 4.79 Å². The second kappa shape index (κ2) is 6.40. The van der Waals surface area contributed by atoms with Crippen molar-refractivity contribution in [2.75, 3.05) is 0 Å². The van der Waals surface area contributed by atoms with Crippen LogP contribution in [-0.4, -0.2) is 11.3 Å². The number of rotatable bonds is 5. The summed E-state index contributed by atoms with van der Waals surface area (Å²) in [4.78, 5) is 12.6. The quantitative estimate of drug-likeness (QED) is 0.730. The summed E-state index contributed by atoms with van der Waals surface area (Å²) in [5, 5.41) is 0. The molecule has 90 valence electrons. The molecule has 0 unspecified atom stereocenters. The molecule has 0 saturated carbocycles. The smallest absolute Gasteiger partial charge is 0.213 e. The highest BCUT2D eigenvalue weighted by molar-refractivity contribution is 5.55. The molecule has 0 saturated heterocycles. The molecule has 2 heteroatoms. The van der Waals surface area contributed by atoms with Crippen molar-refractivity contribution in [3.05, 3.63) is 78.0 Å². The van der Waals surface area contributed by atoms with E-state index in [0.717, 1.165) is 17.5 Å². The van der Waals surface area contributed by atoms with E-state index in [0.29, 0.717) is 6.54 Å². The summed E-state index contributed by atoms with van der Waals surface area (Å²) in [6.45, 7) is 0.591. The number of hydrogen-bond acceptors (Lipinski definition) is 1. The first-order valence-corrected chi connectivity index (χ1v) is 5.87. The van der Waals surface area contributed by atoms with Gasteiger partial charge in [0.2, 0.25) is 6.41 Å². The van der Waals surface area contributed by atoms with E-state index < -0.39 is 0 Å². The highest BCUT2D eigenvalue weighted by atomic mass is 16.1. The lowest BCUT2D eigenvalue weighted by molar-refractivity contribution is -0.116. The second-order valence-corrected chi connectivity index (χ2v) is 3.99. The van der Waals surface area contributed by atoms with Crippen LogP contribution in [0.1, 0.15) is 11.1 Å². The third kappa shape index (κ3) is 3.59. The molecule has 0 bridgehead atoms. The molecule has 0 radical (unpaired) electrons. The van der Waals surface area contributed by atoms with Crippen molar-refractivity contribution in [1.29, 1.82) is 0 Å². The summed E-state index contributed by atoms with van der Waals surface area (Å²) in [6, 6.07) is 19.8. The largest absolute Gasteiger partial charge is 0.317 e. The molecule has 0 aliphatic carbocycles. The zero-order valence-electron chi connectivity index (χ0n) is 10.1. The first-order chi connectivity index (χ1) is 8.88. The van der Waals surface area contributed by atoms with Gasteiger partial charge in [0.05, 0.1) is 0 Å². The van der Waals surface area contributed by atoms with E-state index >= 15 is 0 Å². The van der Waals surface area contributed by atoms with Crippen LogP contribution >= 0.6 is 0 Å². The van der Waals surface area contributed by atoms with Crippen molar-refractivity contribution in [3.8, 4) is 0 Å². The Morgan fingerprint density at radius 2 is 1.50 bits per heavy atom. The van der Waals surface area contributed by atoms with Gasteiger partial charge in [0.1, 0.15) is 0 Å². The van der Waals surface area contributed by atoms with E-state index in [-0.39, 0.29) is 0 Å². The maximum Gasteiger partial charge on any atom is 0.213 e. The molecule has 2 aromatic rings. The minimum Gasteiger partial charge on any atom is -0.317 e. The third-order valence-corrected chi connectivity index (χ3v) is 2.60. The van der Waals surface area contributed by atoms with E-state index in [1.165, 1.54) is 0 Å². The average molecular weight is 237 g/mol. The number of carbonyl (C=O) groups is 1. The Morgan fingerprint density at radius 3 is 2.11 bits per heavy atom. The van der Waals surface area contributed by atoms with Crippen LogP contribution in [0.25, 0.3) is 6.08 Å². The van der Waals surface area contributed by atoms with Crippen LogP contribution in [0.2, 0.25) is 0 Å². The highest BCUT2D eigenvalue weighted by Gasteiger charge is 1.98. The van der Waals surface area contributed by atoms with Crippen molar-refractivity contribution >= 4 is 12.5 Å². The molecule has 1 amide bonds. The van der Waals surface area contributed by atoms with Crippen LogP contribution in [0.3, 0.4) is 0 Å². The molecule has 0 spiro atoms. The van der Waals surface area contributed by atoms with Crippen LogP contribution in [0, 0.1) is 0 Å². The third-order valence-electron chi connectivity index (χ3n) is 2.60. The Bertz CT molecular complexity index is 505. The van der Waals surface area contributed by atoms with Gasteiger partial charge in [-0.15, -0.1) is 0 Å². The van der Waals surface area contributed by atoms with Crippen molar-refractivity contribution < 1.29 is 4.79 Å². The Kier molecular flexibility index (Phi) is 4.31. The van der Waals surface area contributed by atoms with Crippen LogP contribution in [-0.2, 0) is 11.3 Å². The van der Waals surface area contributed by atoms with Crippen LogP contribution < -0.4 is 0 Å². The SMILES string of the molecule is O=CN(C=Cc1ccccc1)Cc1ccccc1. The van der Waals surface area contributed by atoms with Gasteiger partial charge in [0, 0.05) is 12.7 Å². The lowest BCUT2D eigenvalue weighted by Crippen LogP contribution is -2.13. The maximum absolute atomic E-state index is 11.0. The molecule has 2 rings (SSSR count). The molecule has 0 heterocycles. The van der Waals surface area contributed by atoms with Gasteiger partial charge in [-0.2, -0.15) is 0 Å². The molecule has 0 aromatic heterocycles. The number of hydrogen-bond donors (Lipinski definition) is 0. The number of benzene rings is 2. The predicted octanol–water partition coefficient (Wildman–Crippen LogP) is 3.32. The summed E-state index contributed by atoms with van der Waals surface area (Å²) in [7, 11) is 0. The van der Waals surface area contributed by atoms with Crippen LogP contribution in [0.5, 0.6) is 0 Å². The van der Waals surface area contributed by atoms with Crippen molar-refractivity contribution in [1.82, 2.24) is 4.90 Å². The fraction of sp³-hybridized carbons (Fsp3) is 0.0625.